The van der Waals surface area contributed by atoms with Crippen LogP contribution in [0.15, 0.2) is 28.6 Å². The molecule has 8 heteroatoms. The highest BCUT2D eigenvalue weighted by atomic mass is 32.2. The number of hydrogen-bond donors (Lipinski definition) is 1. The molecule has 0 radical (unpaired) electrons. The molecule has 0 amide bonds. The van der Waals surface area contributed by atoms with E-state index in [0.29, 0.717) is 10.0 Å². The van der Waals surface area contributed by atoms with Crippen molar-refractivity contribution >= 4 is 27.2 Å². The summed E-state index contributed by atoms with van der Waals surface area (Å²) in [7, 11) is 0.236. The molecule has 0 unspecified atom stereocenters. The highest BCUT2D eigenvalue weighted by Gasteiger charge is 2.16. The summed E-state index contributed by atoms with van der Waals surface area (Å²) in [5.74, 6) is 1.18. The van der Waals surface area contributed by atoms with Crippen LogP contribution in [0.25, 0.3) is 0 Å². The Morgan fingerprint density at radius 1 is 1.30 bits per heavy atom. The van der Waals surface area contributed by atoms with Crippen molar-refractivity contribution in [2.24, 2.45) is 0 Å². The van der Waals surface area contributed by atoms with Gasteiger partial charge in [0.25, 0.3) is 0 Å². The quantitative estimate of drug-likeness (QED) is 0.903. The zero-order valence-corrected chi connectivity index (χ0v) is 13.1. The lowest BCUT2D eigenvalue weighted by atomic mass is 10.5. The first-order valence-electron chi connectivity index (χ1n) is 5.94. The van der Waals surface area contributed by atoms with Gasteiger partial charge in [-0.3, -0.25) is 0 Å². The molecule has 2 heterocycles. The minimum Gasteiger partial charge on any atom is -0.363 e. The van der Waals surface area contributed by atoms with Gasteiger partial charge >= 0.3 is 0 Å². The topological polar surface area (TPSA) is 75.2 Å². The summed E-state index contributed by atoms with van der Waals surface area (Å²) in [6.07, 6.45) is 1.61. The normalized spacial score (nSPS) is 11.6. The molecule has 0 aromatic carbocycles. The highest BCUT2D eigenvalue weighted by molar-refractivity contribution is 7.91. The van der Waals surface area contributed by atoms with Gasteiger partial charge in [-0.1, -0.05) is 0 Å². The maximum Gasteiger partial charge on any atom is 0.250 e. The molecule has 2 aromatic heterocycles. The molecule has 0 spiro atoms. The number of rotatable bonds is 5. The largest absolute Gasteiger partial charge is 0.363 e. The number of anilines is 1. The van der Waals surface area contributed by atoms with E-state index in [-0.39, 0.29) is 6.54 Å². The molecule has 2 aromatic rings. The first-order valence-corrected chi connectivity index (χ1v) is 8.24. The average Bonchev–Trinajstić information content (AvgIpc) is 2.84. The van der Waals surface area contributed by atoms with Crippen molar-refractivity contribution in [2.45, 2.75) is 17.7 Å². The van der Waals surface area contributed by atoms with Gasteiger partial charge in [-0.25, -0.2) is 23.1 Å². The van der Waals surface area contributed by atoms with E-state index in [9.17, 15) is 8.42 Å². The first kappa shape index (κ1) is 14.9. The molecule has 108 valence electrons. The lowest BCUT2D eigenvalue weighted by Crippen LogP contribution is -2.24. The minimum atomic E-state index is -3.50. The standard InChI is InChI=1S/C12H16N4O2S2/c1-9-4-5-12(19-9)20(17,18)14-8-10-13-7-6-11(15-10)16(2)3/h4-7,14H,8H2,1-3H3. The SMILES string of the molecule is Cc1ccc(S(=O)(=O)NCc2nccc(N(C)C)n2)s1. The molecule has 0 aliphatic heterocycles. The zero-order valence-electron chi connectivity index (χ0n) is 11.5. The Bertz CT molecular complexity index is 695. The molecular formula is C12H16N4O2S2. The number of aromatic nitrogens is 2. The maximum absolute atomic E-state index is 12.1. The Hall–Kier alpha value is -1.51. The predicted octanol–water partition coefficient (Wildman–Crippen LogP) is 1.39. The Morgan fingerprint density at radius 3 is 2.65 bits per heavy atom. The van der Waals surface area contributed by atoms with Crippen molar-refractivity contribution in [3.8, 4) is 0 Å². The van der Waals surface area contributed by atoms with Crippen molar-refractivity contribution in [1.82, 2.24) is 14.7 Å². The van der Waals surface area contributed by atoms with E-state index in [1.54, 1.807) is 24.4 Å². The van der Waals surface area contributed by atoms with E-state index in [4.69, 9.17) is 0 Å². The fourth-order valence-electron chi connectivity index (χ4n) is 1.51. The highest BCUT2D eigenvalue weighted by Crippen LogP contribution is 2.20. The van der Waals surface area contributed by atoms with Gasteiger partial charge < -0.3 is 4.90 Å². The first-order chi connectivity index (χ1) is 9.38. The van der Waals surface area contributed by atoms with Crippen LogP contribution in [0.4, 0.5) is 5.82 Å². The molecule has 2 rings (SSSR count). The molecule has 6 nitrogen and oxygen atoms in total. The van der Waals surface area contributed by atoms with Crippen LogP contribution < -0.4 is 9.62 Å². The monoisotopic (exact) mass is 312 g/mol. The van der Waals surface area contributed by atoms with Gasteiger partial charge in [0.15, 0.2) is 0 Å². The van der Waals surface area contributed by atoms with Crippen molar-refractivity contribution in [2.75, 3.05) is 19.0 Å². The molecule has 20 heavy (non-hydrogen) atoms. The molecule has 0 bridgehead atoms. The van der Waals surface area contributed by atoms with E-state index in [1.807, 2.05) is 25.9 Å². The number of thiophene rings is 1. The number of aryl methyl sites for hydroxylation is 1. The van der Waals surface area contributed by atoms with Crippen LogP contribution in [0.1, 0.15) is 10.7 Å². The molecular weight excluding hydrogens is 296 g/mol. The van der Waals surface area contributed by atoms with E-state index >= 15 is 0 Å². The van der Waals surface area contributed by atoms with E-state index in [2.05, 4.69) is 14.7 Å². The summed E-state index contributed by atoms with van der Waals surface area (Å²) >= 11 is 1.24. The van der Waals surface area contributed by atoms with Gasteiger partial charge in [-0.2, -0.15) is 0 Å². The Balaban J connectivity index is 2.10. The van der Waals surface area contributed by atoms with Crippen LogP contribution in [0.2, 0.25) is 0 Å². The third kappa shape index (κ3) is 3.53. The molecule has 0 saturated heterocycles. The van der Waals surface area contributed by atoms with Crippen LogP contribution in [0.3, 0.4) is 0 Å². The fourth-order valence-corrected chi connectivity index (χ4v) is 3.82. The summed E-state index contributed by atoms with van der Waals surface area (Å²) in [6, 6.07) is 5.14. The Labute approximate surface area is 122 Å². The smallest absolute Gasteiger partial charge is 0.250 e. The third-order valence-electron chi connectivity index (χ3n) is 2.55. The number of sulfonamides is 1. The summed E-state index contributed by atoms with van der Waals surface area (Å²) in [5.41, 5.74) is 0. The second-order valence-corrected chi connectivity index (χ2v) is 7.70. The lowest BCUT2D eigenvalue weighted by molar-refractivity contribution is 0.581. The number of nitrogens with zero attached hydrogens (tertiary/aromatic N) is 3. The van der Waals surface area contributed by atoms with Gasteiger partial charge in [0.05, 0.1) is 6.54 Å². The number of hydrogen-bond acceptors (Lipinski definition) is 6. The van der Waals surface area contributed by atoms with Crippen molar-refractivity contribution in [1.29, 1.82) is 0 Å². The Kier molecular flexibility index (Phi) is 4.36. The minimum absolute atomic E-state index is 0.0704. The second kappa shape index (κ2) is 5.86. The average molecular weight is 312 g/mol. The van der Waals surface area contributed by atoms with Crippen LogP contribution >= 0.6 is 11.3 Å². The summed E-state index contributed by atoms with van der Waals surface area (Å²) < 4.78 is 27.0. The van der Waals surface area contributed by atoms with Gasteiger partial charge in [0.1, 0.15) is 15.9 Å². The van der Waals surface area contributed by atoms with E-state index in [1.165, 1.54) is 11.3 Å². The fraction of sp³-hybridized carbons (Fsp3) is 0.333. The van der Waals surface area contributed by atoms with Crippen molar-refractivity contribution < 1.29 is 8.42 Å². The lowest BCUT2D eigenvalue weighted by Gasteiger charge is -2.11. The maximum atomic E-state index is 12.1. The van der Waals surface area contributed by atoms with E-state index in [0.717, 1.165) is 10.7 Å². The van der Waals surface area contributed by atoms with Crippen LogP contribution in [-0.2, 0) is 16.6 Å². The Morgan fingerprint density at radius 2 is 2.05 bits per heavy atom. The van der Waals surface area contributed by atoms with Gasteiger partial charge in [0, 0.05) is 25.2 Å². The third-order valence-corrected chi connectivity index (χ3v) is 5.44. The molecule has 0 atom stereocenters. The summed E-state index contributed by atoms with van der Waals surface area (Å²) in [4.78, 5) is 11.1. The zero-order chi connectivity index (χ0) is 14.8. The molecule has 0 aliphatic rings. The molecule has 1 N–H and O–H groups in total. The van der Waals surface area contributed by atoms with Gasteiger partial charge in [-0.05, 0) is 25.1 Å². The number of nitrogens with one attached hydrogen (secondary N) is 1. The van der Waals surface area contributed by atoms with Gasteiger partial charge in [-0.15, -0.1) is 11.3 Å². The van der Waals surface area contributed by atoms with Crippen LogP contribution in [-0.4, -0.2) is 32.5 Å². The van der Waals surface area contributed by atoms with E-state index < -0.39 is 10.0 Å². The molecule has 0 fully saturated rings. The predicted molar refractivity (Wildman–Crippen MR) is 79.4 cm³/mol. The molecule has 0 saturated carbocycles. The van der Waals surface area contributed by atoms with Crippen LogP contribution in [0, 0.1) is 6.92 Å². The second-order valence-electron chi connectivity index (χ2n) is 4.42. The van der Waals surface area contributed by atoms with Gasteiger partial charge in [0.2, 0.25) is 10.0 Å². The summed E-state index contributed by atoms with van der Waals surface area (Å²) in [5, 5.41) is 0. The van der Waals surface area contributed by atoms with Crippen LogP contribution in [0.5, 0.6) is 0 Å². The van der Waals surface area contributed by atoms with Crippen molar-refractivity contribution in [3.05, 3.63) is 35.1 Å². The summed E-state index contributed by atoms with van der Waals surface area (Å²) in [6.45, 7) is 1.94. The van der Waals surface area contributed by atoms with Crippen molar-refractivity contribution in [3.63, 3.8) is 0 Å². The molecule has 0 aliphatic carbocycles.